The quantitative estimate of drug-likeness (QED) is 0.654. The Kier molecular flexibility index (Phi) is 4.69. The van der Waals surface area contributed by atoms with E-state index in [9.17, 15) is 10.1 Å². The number of nitro benzene ring substituents is 1. The van der Waals surface area contributed by atoms with Crippen molar-refractivity contribution in [1.82, 2.24) is 0 Å². The maximum Gasteiger partial charge on any atom is 0.272 e. The summed E-state index contributed by atoms with van der Waals surface area (Å²) in [7, 11) is 0. The van der Waals surface area contributed by atoms with E-state index in [1.165, 1.54) is 19.3 Å². The lowest BCUT2D eigenvalue weighted by atomic mass is 10.1. The van der Waals surface area contributed by atoms with Gasteiger partial charge in [-0.25, -0.2) is 0 Å². The normalized spacial score (nSPS) is 22.4. The lowest BCUT2D eigenvalue weighted by molar-refractivity contribution is -0.385. The van der Waals surface area contributed by atoms with E-state index in [0.717, 1.165) is 11.4 Å². The number of nitrogens with zero attached hydrogens (tertiary/aromatic N) is 1. The molecule has 1 aliphatic carbocycles. The molecule has 4 nitrogen and oxygen atoms in total. The molecule has 0 spiro atoms. The Hall–Kier alpha value is -1.23. The lowest BCUT2D eigenvalue weighted by Crippen LogP contribution is -2.26. The number of hydrogen-bond donors (Lipinski definition) is 1. The van der Waals surface area contributed by atoms with Crippen LogP contribution in [0.5, 0.6) is 0 Å². The van der Waals surface area contributed by atoms with Crippen LogP contribution < -0.4 is 5.32 Å². The van der Waals surface area contributed by atoms with Crippen LogP contribution in [0.1, 0.15) is 31.7 Å². The predicted molar refractivity (Wildman–Crippen MR) is 81.0 cm³/mol. The largest absolute Gasteiger partial charge is 0.381 e. The zero-order valence-electron chi connectivity index (χ0n) is 11.4. The first-order chi connectivity index (χ1) is 9.11. The van der Waals surface area contributed by atoms with Crippen molar-refractivity contribution in [2.45, 2.75) is 44.4 Å². The van der Waals surface area contributed by atoms with Gasteiger partial charge in [0.1, 0.15) is 0 Å². The standard InChI is InChI=1S/C14H20N2O2S/c1-3-19-14-6-4-5-12(14)15-11-7-8-13(16(17)18)10(2)9-11/h7-9,12,14-15H,3-6H2,1-2H3. The second kappa shape index (κ2) is 6.28. The van der Waals surface area contributed by atoms with Gasteiger partial charge in [-0.1, -0.05) is 13.3 Å². The SMILES string of the molecule is CCSC1CCCC1Nc1ccc([N+](=O)[O-])c(C)c1. The van der Waals surface area contributed by atoms with Crippen LogP contribution in [0, 0.1) is 17.0 Å². The monoisotopic (exact) mass is 280 g/mol. The van der Waals surface area contributed by atoms with Gasteiger partial charge in [-0.05, 0) is 37.7 Å². The van der Waals surface area contributed by atoms with Crippen molar-refractivity contribution in [3.8, 4) is 0 Å². The van der Waals surface area contributed by atoms with Gasteiger partial charge >= 0.3 is 0 Å². The molecular weight excluding hydrogens is 260 g/mol. The molecule has 104 valence electrons. The van der Waals surface area contributed by atoms with E-state index in [2.05, 4.69) is 12.2 Å². The van der Waals surface area contributed by atoms with E-state index in [4.69, 9.17) is 0 Å². The molecule has 0 radical (unpaired) electrons. The van der Waals surface area contributed by atoms with Crippen molar-refractivity contribution in [3.63, 3.8) is 0 Å². The van der Waals surface area contributed by atoms with Gasteiger partial charge in [0.15, 0.2) is 0 Å². The van der Waals surface area contributed by atoms with Gasteiger partial charge < -0.3 is 5.32 Å². The Balaban J connectivity index is 2.07. The number of hydrogen-bond acceptors (Lipinski definition) is 4. The van der Waals surface area contributed by atoms with E-state index in [1.807, 2.05) is 23.9 Å². The third-order valence-electron chi connectivity index (χ3n) is 3.58. The van der Waals surface area contributed by atoms with Gasteiger partial charge in [0, 0.05) is 28.6 Å². The highest BCUT2D eigenvalue weighted by Gasteiger charge is 2.27. The van der Waals surface area contributed by atoms with E-state index < -0.39 is 0 Å². The van der Waals surface area contributed by atoms with Gasteiger partial charge in [0.05, 0.1) is 4.92 Å². The topological polar surface area (TPSA) is 55.2 Å². The van der Waals surface area contributed by atoms with Crippen molar-refractivity contribution >= 4 is 23.1 Å². The summed E-state index contributed by atoms with van der Waals surface area (Å²) in [6.45, 7) is 3.98. The smallest absolute Gasteiger partial charge is 0.272 e. The summed E-state index contributed by atoms with van der Waals surface area (Å²) in [5.41, 5.74) is 1.90. The Morgan fingerprint density at radius 1 is 1.47 bits per heavy atom. The maximum atomic E-state index is 10.8. The molecule has 1 aromatic rings. The lowest BCUT2D eigenvalue weighted by Gasteiger charge is -2.21. The zero-order valence-corrected chi connectivity index (χ0v) is 12.2. The first kappa shape index (κ1) is 14.2. The Bertz CT molecular complexity index is 465. The molecule has 0 saturated heterocycles. The molecule has 0 aliphatic heterocycles. The average Bonchev–Trinajstić information content (AvgIpc) is 2.77. The summed E-state index contributed by atoms with van der Waals surface area (Å²) in [6.07, 6.45) is 3.72. The van der Waals surface area contributed by atoms with E-state index in [-0.39, 0.29) is 10.6 Å². The fraction of sp³-hybridized carbons (Fsp3) is 0.571. The van der Waals surface area contributed by atoms with Crippen LogP contribution in [0.15, 0.2) is 18.2 Å². The van der Waals surface area contributed by atoms with Crippen LogP contribution in [0.25, 0.3) is 0 Å². The predicted octanol–water partition coefficient (Wildman–Crippen LogP) is 3.99. The number of nitrogens with one attached hydrogen (secondary N) is 1. The number of rotatable bonds is 5. The van der Waals surface area contributed by atoms with E-state index in [0.29, 0.717) is 16.9 Å². The first-order valence-electron chi connectivity index (χ1n) is 6.75. The third-order valence-corrected chi connectivity index (χ3v) is 4.90. The van der Waals surface area contributed by atoms with Crippen LogP contribution >= 0.6 is 11.8 Å². The van der Waals surface area contributed by atoms with Crippen LogP contribution in [0.4, 0.5) is 11.4 Å². The second-order valence-corrected chi connectivity index (χ2v) is 6.45. The fourth-order valence-electron chi connectivity index (χ4n) is 2.67. The van der Waals surface area contributed by atoms with Crippen LogP contribution in [-0.4, -0.2) is 22.0 Å². The number of nitro groups is 1. The van der Waals surface area contributed by atoms with Crippen molar-refractivity contribution in [1.29, 1.82) is 0 Å². The third kappa shape index (κ3) is 3.41. The fourth-order valence-corrected chi connectivity index (χ4v) is 3.87. The molecule has 1 saturated carbocycles. The van der Waals surface area contributed by atoms with Gasteiger partial charge in [0.2, 0.25) is 0 Å². The molecule has 19 heavy (non-hydrogen) atoms. The molecular formula is C14H20N2O2S. The van der Waals surface area contributed by atoms with Gasteiger partial charge in [0.25, 0.3) is 5.69 Å². The van der Waals surface area contributed by atoms with Gasteiger partial charge in [-0.15, -0.1) is 0 Å². The van der Waals surface area contributed by atoms with Crippen molar-refractivity contribution in [2.24, 2.45) is 0 Å². The van der Waals surface area contributed by atoms with Crippen LogP contribution in [0.2, 0.25) is 0 Å². The molecule has 1 fully saturated rings. The molecule has 0 heterocycles. The van der Waals surface area contributed by atoms with Gasteiger partial charge in [-0.3, -0.25) is 10.1 Å². The van der Waals surface area contributed by atoms with E-state index >= 15 is 0 Å². The van der Waals surface area contributed by atoms with Crippen molar-refractivity contribution < 1.29 is 4.92 Å². The van der Waals surface area contributed by atoms with Gasteiger partial charge in [-0.2, -0.15) is 11.8 Å². The Morgan fingerprint density at radius 3 is 2.89 bits per heavy atom. The second-order valence-electron chi connectivity index (χ2n) is 4.93. The molecule has 0 aromatic heterocycles. The summed E-state index contributed by atoms with van der Waals surface area (Å²) >= 11 is 2.01. The molecule has 2 rings (SSSR count). The highest BCUT2D eigenvalue weighted by Crippen LogP contribution is 2.32. The minimum atomic E-state index is -0.329. The Morgan fingerprint density at radius 2 is 2.26 bits per heavy atom. The zero-order chi connectivity index (χ0) is 13.8. The molecule has 5 heteroatoms. The molecule has 1 aromatic carbocycles. The molecule has 0 amide bonds. The van der Waals surface area contributed by atoms with Crippen molar-refractivity contribution in [3.05, 3.63) is 33.9 Å². The minimum absolute atomic E-state index is 0.191. The summed E-state index contributed by atoms with van der Waals surface area (Å²) in [6, 6.07) is 5.78. The summed E-state index contributed by atoms with van der Waals surface area (Å²) in [5.74, 6) is 1.14. The van der Waals surface area contributed by atoms with E-state index in [1.54, 1.807) is 13.0 Å². The molecule has 0 bridgehead atoms. The summed E-state index contributed by atoms with van der Waals surface area (Å²) in [4.78, 5) is 10.5. The highest BCUT2D eigenvalue weighted by atomic mass is 32.2. The highest BCUT2D eigenvalue weighted by molar-refractivity contribution is 7.99. The van der Waals surface area contributed by atoms with Crippen LogP contribution in [-0.2, 0) is 0 Å². The van der Waals surface area contributed by atoms with Crippen molar-refractivity contribution in [2.75, 3.05) is 11.1 Å². The number of benzene rings is 1. The summed E-state index contributed by atoms with van der Waals surface area (Å²) in [5, 5.41) is 15.0. The molecule has 2 atom stereocenters. The summed E-state index contributed by atoms with van der Waals surface area (Å²) < 4.78 is 0. The number of anilines is 1. The maximum absolute atomic E-state index is 10.8. The number of aryl methyl sites for hydroxylation is 1. The Labute approximate surface area is 118 Å². The average molecular weight is 280 g/mol. The molecule has 1 N–H and O–H groups in total. The molecule has 2 unspecified atom stereocenters. The molecule has 1 aliphatic rings. The number of thioether (sulfide) groups is 1. The first-order valence-corrected chi connectivity index (χ1v) is 7.80. The minimum Gasteiger partial charge on any atom is -0.381 e. The van der Waals surface area contributed by atoms with Crippen LogP contribution in [0.3, 0.4) is 0 Å².